The molecule has 0 aliphatic carbocycles. The third-order valence-corrected chi connectivity index (χ3v) is 5.37. The molecular formula is C16H17N3O5S. The number of nitro groups is 1. The van der Waals surface area contributed by atoms with Crippen LogP contribution >= 0.6 is 0 Å². The molecule has 0 saturated heterocycles. The predicted molar refractivity (Wildman–Crippen MR) is 92.7 cm³/mol. The number of rotatable bonds is 6. The maximum absolute atomic E-state index is 13.1. The molecule has 8 nitrogen and oxygen atoms in total. The summed E-state index contributed by atoms with van der Waals surface area (Å²) in [7, 11) is -4.37. The number of nitrogens with zero attached hydrogens (tertiary/aromatic N) is 2. The molecule has 0 aliphatic heterocycles. The number of carbonyl (C=O) groups excluding carboxylic acids is 1. The fraction of sp³-hybridized carbons (Fsp3) is 0.188. The van der Waals surface area contributed by atoms with Crippen LogP contribution in [0.5, 0.6) is 0 Å². The van der Waals surface area contributed by atoms with E-state index in [1.165, 1.54) is 12.1 Å². The number of para-hydroxylation sites is 1. The lowest BCUT2D eigenvalue weighted by Crippen LogP contribution is -2.39. The van der Waals surface area contributed by atoms with Gasteiger partial charge in [-0.3, -0.25) is 19.2 Å². The first-order valence-electron chi connectivity index (χ1n) is 7.26. The lowest BCUT2D eigenvalue weighted by Gasteiger charge is -2.25. The number of hydrogen-bond donors (Lipinski definition) is 1. The van der Waals surface area contributed by atoms with E-state index in [0.29, 0.717) is 5.56 Å². The number of benzene rings is 2. The van der Waals surface area contributed by atoms with Gasteiger partial charge in [-0.05, 0) is 37.1 Å². The molecule has 2 rings (SSSR count). The van der Waals surface area contributed by atoms with Crippen molar-refractivity contribution in [3.8, 4) is 0 Å². The molecule has 9 heteroatoms. The van der Waals surface area contributed by atoms with Gasteiger partial charge in [0, 0.05) is 6.07 Å². The third-order valence-electron chi connectivity index (χ3n) is 3.56. The highest BCUT2D eigenvalue weighted by Gasteiger charge is 2.33. The van der Waals surface area contributed by atoms with Crippen molar-refractivity contribution in [1.82, 2.24) is 0 Å². The van der Waals surface area contributed by atoms with E-state index in [-0.39, 0.29) is 5.69 Å². The summed E-state index contributed by atoms with van der Waals surface area (Å²) in [6, 6.07) is 10.1. The SMILES string of the molecule is Cc1ccc(C)c(N(CC(N)=O)S(=O)(=O)c2ccccc2[N+](=O)[O-])c1. The number of aryl methyl sites for hydroxylation is 2. The molecule has 0 atom stereocenters. The Bertz CT molecular complexity index is 941. The molecule has 2 N–H and O–H groups in total. The van der Waals surface area contributed by atoms with Crippen LogP contribution in [0.25, 0.3) is 0 Å². The summed E-state index contributed by atoms with van der Waals surface area (Å²) in [4.78, 5) is 21.4. The van der Waals surface area contributed by atoms with E-state index in [0.717, 1.165) is 22.0 Å². The normalized spacial score (nSPS) is 11.1. The van der Waals surface area contributed by atoms with Gasteiger partial charge >= 0.3 is 0 Å². The maximum Gasteiger partial charge on any atom is 0.289 e. The number of amides is 1. The molecule has 0 unspecified atom stereocenters. The van der Waals surface area contributed by atoms with Gasteiger partial charge in [-0.1, -0.05) is 24.3 Å². The summed E-state index contributed by atoms with van der Waals surface area (Å²) < 4.78 is 26.9. The monoisotopic (exact) mass is 363 g/mol. The molecule has 0 aromatic heterocycles. The van der Waals surface area contributed by atoms with Gasteiger partial charge in [0.15, 0.2) is 4.90 Å². The summed E-state index contributed by atoms with van der Waals surface area (Å²) in [5.74, 6) is -0.872. The maximum atomic E-state index is 13.1. The largest absolute Gasteiger partial charge is 0.368 e. The Morgan fingerprint density at radius 1 is 1.20 bits per heavy atom. The predicted octanol–water partition coefficient (Wildman–Crippen LogP) is 1.89. The van der Waals surface area contributed by atoms with Gasteiger partial charge in [0.25, 0.3) is 15.7 Å². The number of anilines is 1. The lowest BCUT2D eigenvalue weighted by molar-refractivity contribution is -0.387. The van der Waals surface area contributed by atoms with E-state index >= 15 is 0 Å². The Kier molecular flexibility index (Phi) is 5.07. The van der Waals surface area contributed by atoms with Gasteiger partial charge in [0.1, 0.15) is 6.54 Å². The van der Waals surface area contributed by atoms with Crippen LogP contribution < -0.4 is 10.0 Å². The Balaban J connectivity index is 2.72. The first-order chi connectivity index (χ1) is 11.6. The summed E-state index contributed by atoms with van der Waals surface area (Å²) in [5.41, 5.74) is 6.26. The van der Waals surface area contributed by atoms with Crippen molar-refractivity contribution < 1.29 is 18.1 Å². The topological polar surface area (TPSA) is 124 Å². The number of primary amides is 1. The van der Waals surface area contributed by atoms with E-state index in [1.54, 1.807) is 32.0 Å². The number of carbonyl (C=O) groups is 1. The second-order valence-electron chi connectivity index (χ2n) is 5.49. The summed E-state index contributed by atoms with van der Waals surface area (Å²) in [6.07, 6.45) is 0. The molecule has 2 aromatic carbocycles. The summed E-state index contributed by atoms with van der Waals surface area (Å²) in [5, 5.41) is 11.2. The van der Waals surface area contributed by atoms with Crippen molar-refractivity contribution >= 4 is 27.3 Å². The zero-order valence-electron chi connectivity index (χ0n) is 13.7. The molecule has 1 amide bonds. The molecule has 25 heavy (non-hydrogen) atoms. The van der Waals surface area contributed by atoms with Gasteiger partial charge in [-0.2, -0.15) is 0 Å². The van der Waals surface area contributed by atoms with Crippen LogP contribution in [-0.4, -0.2) is 25.8 Å². The molecule has 0 saturated carbocycles. The highest BCUT2D eigenvalue weighted by atomic mass is 32.2. The zero-order chi connectivity index (χ0) is 18.8. The minimum atomic E-state index is -4.37. The van der Waals surface area contributed by atoms with Gasteiger partial charge in [-0.25, -0.2) is 8.42 Å². The summed E-state index contributed by atoms with van der Waals surface area (Å²) >= 11 is 0. The average Bonchev–Trinajstić information content (AvgIpc) is 2.54. The second kappa shape index (κ2) is 6.89. The van der Waals surface area contributed by atoms with Crippen LogP contribution in [0.4, 0.5) is 11.4 Å². The van der Waals surface area contributed by atoms with Crippen molar-refractivity contribution in [3.63, 3.8) is 0 Å². The van der Waals surface area contributed by atoms with E-state index < -0.39 is 38.0 Å². The molecule has 0 bridgehead atoms. The van der Waals surface area contributed by atoms with Crippen molar-refractivity contribution in [2.45, 2.75) is 18.7 Å². The van der Waals surface area contributed by atoms with Crippen molar-refractivity contribution in [1.29, 1.82) is 0 Å². The molecule has 0 heterocycles. The third kappa shape index (κ3) is 3.77. The first-order valence-corrected chi connectivity index (χ1v) is 8.70. The standard InChI is InChI=1S/C16H17N3O5S/c1-11-7-8-12(2)14(9-11)18(10-16(17)20)25(23,24)15-6-4-3-5-13(15)19(21)22/h3-9H,10H2,1-2H3,(H2,17,20). The molecular weight excluding hydrogens is 346 g/mol. The van der Waals surface area contributed by atoms with Crippen molar-refractivity contribution in [3.05, 3.63) is 63.7 Å². The molecule has 0 fully saturated rings. The van der Waals surface area contributed by atoms with Crippen LogP contribution in [0.15, 0.2) is 47.4 Å². The van der Waals surface area contributed by atoms with E-state index in [1.807, 2.05) is 0 Å². The highest BCUT2D eigenvalue weighted by molar-refractivity contribution is 7.93. The molecule has 132 valence electrons. The summed E-state index contributed by atoms with van der Waals surface area (Å²) in [6.45, 7) is 2.82. The second-order valence-corrected chi connectivity index (χ2v) is 7.32. The molecule has 0 radical (unpaired) electrons. The number of sulfonamides is 1. The van der Waals surface area contributed by atoms with Gasteiger partial charge < -0.3 is 5.73 Å². The quantitative estimate of drug-likeness (QED) is 0.620. The van der Waals surface area contributed by atoms with Gasteiger partial charge in [0.2, 0.25) is 5.91 Å². The Labute approximate surface area is 145 Å². The molecule has 0 aliphatic rings. The van der Waals surface area contributed by atoms with Crippen LogP contribution in [-0.2, 0) is 14.8 Å². The van der Waals surface area contributed by atoms with E-state index in [4.69, 9.17) is 5.73 Å². The fourth-order valence-corrected chi connectivity index (χ4v) is 4.02. The molecule has 0 spiro atoms. The van der Waals surface area contributed by atoms with Crippen LogP contribution in [0, 0.1) is 24.0 Å². The number of nitro benzene ring substituents is 1. The molecule has 2 aromatic rings. The number of nitrogens with two attached hydrogens (primary N) is 1. The van der Waals surface area contributed by atoms with Crippen LogP contribution in [0.2, 0.25) is 0 Å². The Hall–Kier alpha value is -2.94. The minimum absolute atomic E-state index is 0.247. The van der Waals surface area contributed by atoms with Crippen LogP contribution in [0.1, 0.15) is 11.1 Å². The first kappa shape index (κ1) is 18.4. The Morgan fingerprint density at radius 3 is 2.44 bits per heavy atom. The smallest absolute Gasteiger partial charge is 0.289 e. The van der Waals surface area contributed by atoms with Crippen molar-refractivity contribution in [2.75, 3.05) is 10.8 Å². The average molecular weight is 363 g/mol. The minimum Gasteiger partial charge on any atom is -0.368 e. The Morgan fingerprint density at radius 2 is 1.84 bits per heavy atom. The van der Waals surface area contributed by atoms with E-state index in [9.17, 15) is 23.3 Å². The fourth-order valence-electron chi connectivity index (χ4n) is 2.37. The highest BCUT2D eigenvalue weighted by Crippen LogP contribution is 2.31. The van der Waals surface area contributed by atoms with Gasteiger partial charge in [-0.15, -0.1) is 0 Å². The van der Waals surface area contributed by atoms with Gasteiger partial charge in [0.05, 0.1) is 10.6 Å². The van der Waals surface area contributed by atoms with E-state index in [2.05, 4.69) is 0 Å². The zero-order valence-corrected chi connectivity index (χ0v) is 14.5. The van der Waals surface area contributed by atoms with Crippen LogP contribution in [0.3, 0.4) is 0 Å². The lowest BCUT2D eigenvalue weighted by atomic mass is 10.1. The number of hydrogen-bond acceptors (Lipinski definition) is 5. The van der Waals surface area contributed by atoms with Crippen molar-refractivity contribution in [2.24, 2.45) is 5.73 Å².